The standard InChI is InChI=1S/C38H26N2/c39-27-28-19-21-29(22-20-28)30-23-25-33(26-24-30)40-36-17-9-7-15-34(36)38(31-11-3-1-4-12-31,32-13-5-2-6-14-32)35-16-8-10-18-37(35)40/h1-26H. The van der Waals surface area contributed by atoms with Gasteiger partial charge in [-0.25, -0.2) is 0 Å². The number of para-hydroxylation sites is 2. The van der Waals surface area contributed by atoms with Crippen molar-refractivity contribution < 1.29 is 0 Å². The zero-order valence-electron chi connectivity index (χ0n) is 21.9. The van der Waals surface area contributed by atoms with Crippen LogP contribution in [0.15, 0.2) is 158 Å². The van der Waals surface area contributed by atoms with E-state index in [1.165, 1.54) is 33.6 Å². The molecule has 2 heteroatoms. The fraction of sp³-hybridized carbons (Fsp3) is 0.0263. The lowest BCUT2D eigenvalue weighted by molar-refractivity contribution is 0.731. The molecule has 0 amide bonds. The largest absolute Gasteiger partial charge is 0.310 e. The molecule has 188 valence electrons. The molecule has 0 unspecified atom stereocenters. The normalized spacial score (nSPS) is 13.1. The van der Waals surface area contributed by atoms with Gasteiger partial charge in [0.15, 0.2) is 0 Å². The van der Waals surface area contributed by atoms with Gasteiger partial charge in [0.25, 0.3) is 0 Å². The highest BCUT2D eigenvalue weighted by Crippen LogP contribution is 2.57. The predicted octanol–water partition coefficient (Wildman–Crippen LogP) is 9.39. The molecule has 7 rings (SSSR count). The Morgan fingerprint density at radius 1 is 0.450 bits per heavy atom. The average molecular weight is 511 g/mol. The molecule has 2 nitrogen and oxygen atoms in total. The number of fused-ring (bicyclic) bond motifs is 2. The molecule has 0 aliphatic carbocycles. The van der Waals surface area contributed by atoms with E-state index in [0.29, 0.717) is 5.56 Å². The van der Waals surface area contributed by atoms with Crippen LogP contribution in [0.3, 0.4) is 0 Å². The minimum atomic E-state index is -0.464. The van der Waals surface area contributed by atoms with Crippen LogP contribution in [0.2, 0.25) is 0 Å². The molecular formula is C38H26N2. The van der Waals surface area contributed by atoms with E-state index in [4.69, 9.17) is 5.26 Å². The van der Waals surface area contributed by atoms with Crippen molar-refractivity contribution in [2.75, 3.05) is 4.90 Å². The third kappa shape index (κ3) is 3.64. The molecule has 40 heavy (non-hydrogen) atoms. The van der Waals surface area contributed by atoms with Crippen molar-refractivity contribution in [1.82, 2.24) is 0 Å². The molecule has 0 saturated carbocycles. The molecule has 0 spiro atoms. The number of benzene rings is 6. The van der Waals surface area contributed by atoms with Crippen LogP contribution in [-0.4, -0.2) is 0 Å². The van der Waals surface area contributed by atoms with Crippen molar-refractivity contribution >= 4 is 17.1 Å². The summed E-state index contributed by atoms with van der Waals surface area (Å²) in [5.41, 5.74) is 10.9. The average Bonchev–Trinajstić information content (AvgIpc) is 3.04. The Bertz CT molecular complexity index is 1740. The third-order valence-corrected chi connectivity index (χ3v) is 7.98. The Balaban J connectivity index is 1.45. The maximum atomic E-state index is 9.17. The fourth-order valence-electron chi connectivity index (χ4n) is 6.23. The van der Waals surface area contributed by atoms with E-state index in [9.17, 15) is 0 Å². The van der Waals surface area contributed by atoms with Crippen LogP contribution in [0.1, 0.15) is 27.8 Å². The fourth-order valence-corrected chi connectivity index (χ4v) is 6.23. The summed E-state index contributed by atoms with van der Waals surface area (Å²) in [6, 6.07) is 58.0. The zero-order chi connectivity index (χ0) is 26.9. The molecule has 1 aliphatic heterocycles. The van der Waals surface area contributed by atoms with Gasteiger partial charge in [0.05, 0.1) is 28.4 Å². The molecule has 0 aromatic heterocycles. The molecule has 0 atom stereocenters. The molecule has 1 heterocycles. The molecule has 6 aromatic carbocycles. The van der Waals surface area contributed by atoms with Crippen molar-refractivity contribution in [1.29, 1.82) is 5.26 Å². The van der Waals surface area contributed by atoms with Gasteiger partial charge in [0.1, 0.15) is 0 Å². The lowest BCUT2D eigenvalue weighted by Gasteiger charge is -2.46. The highest BCUT2D eigenvalue weighted by Gasteiger charge is 2.46. The van der Waals surface area contributed by atoms with Gasteiger partial charge in [-0.2, -0.15) is 5.26 Å². The van der Waals surface area contributed by atoms with Crippen molar-refractivity contribution in [3.8, 4) is 17.2 Å². The van der Waals surface area contributed by atoms with Crippen molar-refractivity contribution in [3.63, 3.8) is 0 Å². The summed E-state index contributed by atoms with van der Waals surface area (Å²) < 4.78 is 0. The Kier molecular flexibility index (Phi) is 5.77. The first-order valence-corrected chi connectivity index (χ1v) is 13.5. The number of rotatable bonds is 4. The van der Waals surface area contributed by atoms with Crippen LogP contribution in [0, 0.1) is 11.3 Å². The zero-order valence-corrected chi connectivity index (χ0v) is 21.9. The van der Waals surface area contributed by atoms with E-state index in [1.807, 2.05) is 24.3 Å². The third-order valence-electron chi connectivity index (χ3n) is 7.98. The van der Waals surface area contributed by atoms with Crippen molar-refractivity contribution in [2.45, 2.75) is 5.41 Å². The second-order valence-corrected chi connectivity index (χ2v) is 10.1. The quantitative estimate of drug-likeness (QED) is 0.236. The maximum Gasteiger partial charge on any atom is 0.0991 e. The lowest BCUT2D eigenvalue weighted by Crippen LogP contribution is -2.37. The first-order chi connectivity index (χ1) is 19.8. The predicted molar refractivity (Wildman–Crippen MR) is 163 cm³/mol. The van der Waals surface area contributed by atoms with Crippen LogP contribution in [0.4, 0.5) is 17.1 Å². The number of nitriles is 1. The highest BCUT2D eigenvalue weighted by molar-refractivity contribution is 5.89. The van der Waals surface area contributed by atoms with Crippen LogP contribution in [0.25, 0.3) is 11.1 Å². The maximum absolute atomic E-state index is 9.17. The summed E-state index contributed by atoms with van der Waals surface area (Å²) in [5, 5.41) is 9.17. The van der Waals surface area contributed by atoms with Gasteiger partial charge in [0.2, 0.25) is 0 Å². The van der Waals surface area contributed by atoms with Gasteiger partial charge in [-0.15, -0.1) is 0 Å². The van der Waals surface area contributed by atoms with Gasteiger partial charge in [-0.1, -0.05) is 121 Å². The molecular weight excluding hydrogens is 484 g/mol. The summed E-state index contributed by atoms with van der Waals surface area (Å²) in [5.74, 6) is 0. The number of hydrogen-bond donors (Lipinski definition) is 0. The summed E-state index contributed by atoms with van der Waals surface area (Å²) in [6.45, 7) is 0. The molecule has 0 bridgehead atoms. The minimum Gasteiger partial charge on any atom is -0.310 e. The van der Waals surface area contributed by atoms with E-state index in [0.717, 1.165) is 16.8 Å². The first kappa shape index (κ1) is 23.7. The van der Waals surface area contributed by atoms with Gasteiger partial charge in [-0.3, -0.25) is 0 Å². The van der Waals surface area contributed by atoms with E-state index in [-0.39, 0.29) is 0 Å². The van der Waals surface area contributed by atoms with Crippen LogP contribution < -0.4 is 4.90 Å². The summed E-state index contributed by atoms with van der Waals surface area (Å²) in [4.78, 5) is 2.39. The van der Waals surface area contributed by atoms with Crippen LogP contribution >= 0.6 is 0 Å². The number of nitrogens with zero attached hydrogens (tertiary/aromatic N) is 2. The second-order valence-electron chi connectivity index (χ2n) is 10.1. The summed E-state index contributed by atoms with van der Waals surface area (Å²) in [6.07, 6.45) is 0. The van der Waals surface area contributed by atoms with E-state index in [2.05, 4.69) is 144 Å². The molecule has 1 aliphatic rings. The van der Waals surface area contributed by atoms with Gasteiger partial charge in [0, 0.05) is 5.69 Å². The molecule has 0 N–H and O–H groups in total. The number of anilines is 3. The van der Waals surface area contributed by atoms with Crippen LogP contribution in [0.5, 0.6) is 0 Å². The van der Waals surface area contributed by atoms with Crippen LogP contribution in [-0.2, 0) is 5.41 Å². The second kappa shape index (κ2) is 9.73. The molecule has 0 radical (unpaired) electrons. The molecule has 0 fully saturated rings. The monoisotopic (exact) mass is 510 g/mol. The summed E-state index contributed by atoms with van der Waals surface area (Å²) in [7, 11) is 0. The molecule has 6 aromatic rings. The molecule has 0 saturated heterocycles. The minimum absolute atomic E-state index is 0.464. The first-order valence-electron chi connectivity index (χ1n) is 13.5. The Morgan fingerprint density at radius 2 is 0.875 bits per heavy atom. The topological polar surface area (TPSA) is 27.0 Å². The van der Waals surface area contributed by atoms with E-state index >= 15 is 0 Å². The highest BCUT2D eigenvalue weighted by atomic mass is 15.2. The smallest absolute Gasteiger partial charge is 0.0991 e. The SMILES string of the molecule is N#Cc1ccc(-c2ccc(N3c4ccccc4C(c4ccccc4)(c4ccccc4)c4ccccc43)cc2)cc1. The Labute approximate surface area is 235 Å². The van der Waals surface area contributed by atoms with Crippen molar-refractivity contribution in [3.05, 3.63) is 186 Å². The van der Waals surface area contributed by atoms with Gasteiger partial charge < -0.3 is 4.90 Å². The van der Waals surface area contributed by atoms with Gasteiger partial charge >= 0.3 is 0 Å². The summed E-state index contributed by atoms with van der Waals surface area (Å²) >= 11 is 0. The number of hydrogen-bond acceptors (Lipinski definition) is 2. The van der Waals surface area contributed by atoms with E-state index < -0.39 is 5.41 Å². The van der Waals surface area contributed by atoms with Gasteiger partial charge in [-0.05, 0) is 69.8 Å². The Morgan fingerprint density at radius 3 is 1.35 bits per heavy atom. The Hall–Kier alpha value is -5.39. The lowest BCUT2D eigenvalue weighted by atomic mass is 9.62. The van der Waals surface area contributed by atoms with E-state index in [1.54, 1.807) is 0 Å². The van der Waals surface area contributed by atoms with Crippen molar-refractivity contribution in [2.24, 2.45) is 0 Å².